The van der Waals surface area contributed by atoms with E-state index in [-0.39, 0.29) is 12.0 Å². The van der Waals surface area contributed by atoms with Crippen molar-refractivity contribution in [3.05, 3.63) is 59.7 Å². The molecule has 0 bridgehead atoms. The van der Waals surface area contributed by atoms with Crippen LogP contribution in [0.25, 0.3) is 0 Å². The summed E-state index contributed by atoms with van der Waals surface area (Å²) in [7, 11) is 1.70. The Bertz CT molecular complexity index is 1050. The van der Waals surface area contributed by atoms with Gasteiger partial charge in [0.1, 0.15) is 11.6 Å². The number of rotatable bonds is 14. The van der Waals surface area contributed by atoms with Crippen LogP contribution < -0.4 is 9.47 Å². The molecule has 6 nitrogen and oxygen atoms in total. The third kappa shape index (κ3) is 7.75. The maximum atomic E-state index is 6.08. The molecule has 2 aromatic rings. The molecule has 208 valence electrons. The van der Waals surface area contributed by atoms with E-state index in [1.165, 1.54) is 11.1 Å². The number of hydrogen-bond acceptors (Lipinski definition) is 6. The molecule has 1 heterocycles. The van der Waals surface area contributed by atoms with Crippen LogP contribution in [0.15, 0.2) is 58.5 Å². The smallest absolute Gasteiger partial charge is 0.212 e. The minimum Gasteiger partial charge on any atom is -0.493 e. The molecule has 0 spiro atoms. The van der Waals surface area contributed by atoms with Crippen molar-refractivity contribution < 1.29 is 18.9 Å². The summed E-state index contributed by atoms with van der Waals surface area (Å²) in [5.74, 6) is 3.28. The highest BCUT2D eigenvalue weighted by atomic mass is 16.5. The molecule has 0 saturated carbocycles. The quantitative estimate of drug-likeness (QED) is 0.249. The molecular formula is C32H46N2O4. The molecule has 1 aliphatic rings. The van der Waals surface area contributed by atoms with E-state index < -0.39 is 5.54 Å². The van der Waals surface area contributed by atoms with Crippen molar-refractivity contribution in [2.75, 3.05) is 26.9 Å². The van der Waals surface area contributed by atoms with Crippen LogP contribution in [-0.2, 0) is 22.3 Å². The van der Waals surface area contributed by atoms with Gasteiger partial charge in [0.15, 0.2) is 11.5 Å². The van der Waals surface area contributed by atoms with E-state index in [4.69, 9.17) is 28.9 Å². The SMILES string of the molecule is CCOC1=N[C@](CC)(CCc2ccc(OCCCCc3ccccc3)c(OC)c2)C(OCC)=N[C@@H]1C(C)C. The van der Waals surface area contributed by atoms with Gasteiger partial charge in [0.2, 0.25) is 11.8 Å². The summed E-state index contributed by atoms with van der Waals surface area (Å²) in [5, 5.41) is 0. The first kappa shape index (κ1) is 29.5. The van der Waals surface area contributed by atoms with E-state index in [0.717, 1.165) is 61.8 Å². The first-order valence-electron chi connectivity index (χ1n) is 14.2. The van der Waals surface area contributed by atoms with Gasteiger partial charge in [0, 0.05) is 0 Å². The third-order valence-corrected chi connectivity index (χ3v) is 7.04. The number of benzene rings is 2. The van der Waals surface area contributed by atoms with Gasteiger partial charge in [-0.1, -0.05) is 57.2 Å². The number of aliphatic imine (C=N–C) groups is 2. The van der Waals surface area contributed by atoms with Crippen LogP contribution in [0.5, 0.6) is 11.5 Å². The lowest BCUT2D eigenvalue weighted by molar-refractivity contribution is 0.248. The molecule has 0 unspecified atom stereocenters. The van der Waals surface area contributed by atoms with Crippen molar-refractivity contribution in [1.82, 2.24) is 0 Å². The summed E-state index contributed by atoms with van der Waals surface area (Å²) in [6, 6.07) is 16.7. The molecule has 2 aromatic carbocycles. The van der Waals surface area contributed by atoms with Gasteiger partial charge in [0.05, 0.1) is 26.9 Å². The van der Waals surface area contributed by atoms with E-state index in [2.05, 4.69) is 63.2 Å². The molecule has 0 amide bonds. The molecule has 38 heavy (non-hydrogen) atoms. The van der Waals surface area contributed by atoms with Crippen molar-refractivity contribution in [3.63, 3.8) is 0 Å². The monoisotopic (exact) mass is 522 g/mol. The summed E-state index contributed by atoms with van der Waals surface area (Å²) in [4.78, 5) is 10.2. The number of methoxy groups -OCH3 is 1. The lowest BCUT2D eigenvalue weighted by atomic mass is 9.86. The van der Waals surface area contributed by atoms with Gasteiger partial charge >= 0.3 is 0 Å². The maximum absolute atomic E-state index is 6.08. The van der Waals surface area contributed by atoms with Gasteiger partial charge in [-0.25, -0.2) is 9.98 Å². The molecule has 0 saturated heterocycles. The number of ether oxygens (including phenoxy) is 4. The third-order valence-electron chi connectivity index (χ3n) is 7.04. The lowest BCUT2D eigenvalue weighted by Crippen LogP contribution is -2.47. The highest BCUT2D eigenvalue weighted by Gasteiger charge is 2.42. The number of nitrogens with zero attached hydrogens (tertiary/aromatic N) is 2. The standard InChI is InChI=1S/C32H46N2O4/c1-7-32(31(37-9-3)33-29(24(4)5)30(34-32)36-8-2)21-20-26-18-19-27(28(23-26)35-6)38-22-14-13-17-25-15-11-10-12-16-25/h10-12,15-16,18-19,23-24,29H,7-9,13-14,17,20-22H2,1-6H3/t29-,32-/m1/s1. The van der Waals surface area contributed by atoms with Gasteiger partial charge in [-0.05, 0) is 81.5 Å². The largest absolute Gasteiger partial charge is 0.493 e. The summed E-state index contributed by atoms with van der Waals surface area (Å²) in [5.41, 5.74) is 2.00. The first-order valence-corrected chi connectivity index (χ1v) is 14.2. The Hall–Kier alpha value is -3.02. The molecule has 3 rings (SSSR count). The Balaban J connectivity index is 1.66. The Morgan fingerprint density at radius 3 is 2.26 bits per heavy atom. The molecular weight excluding hydrogens is 476 g/mol. The van der Waals surface area contributed by atoms with Crippen molar-refractivity contribution in [2.45, 2.75) is 84.7 Å². The normalized spacial score (nSPS) is 19.1. The fourth-order valence-corrected chi connectivity index (χ4v) is 4.80. The van der Waals surface area contributed by atoms with Crippen LogP contribution >= 0.6 is 0 Å². The fraction of sp³-hybridized carbons (Fsp3) is 0.562. The number of aryl methyl sites for hydroxylation is 2. The average molecular weight is 523 g/mol. The molecule has 0 radical (unpaired) electrons. The van der Waals surface area contributed by atoms with Gasteiger partial charge in [-0.3, -0.25) is 0 Å². The zero-order valence-electron chi connectivity index (χ0n) is 24.2. The van der Waals surface area contributed by atoms with Crippen LogP contribution in [0.4, 0.5) is 0 Å². The van der Waals surface area contributed by atoms with E-state index >= 15 is 0 Å². The van der Waals surface area contributed by atoms with Crippen molar-refractivity contribution >= 4 is 11.8 Å². The Morgan fingerprint density at radius 1 is 0.842 bits per heavy atom. The predicted molar refractivity (Wildman–Crippen MR) is 156 cm³/mol. The Kier molecular flexibility index (Phi) is 11.5. The second-order valence-electron chi connectivity index (χ2n) is 10.1. The van der Waals surface area contributed by atoms with Crippen LogP contribution in [-0.4, -0.2) is 50.3 Å². The van der Waals surface area contributed by atoms with Crippen LogP contribution in [0.3, 0.4) is 0 Å². The molecule has 0 aromatic heterocycles. The van der Waals surface area contributed by atoms with E-state index in [0.29, 0.717) is 19.8 Å². The number of unbranched alkanes of at least 4 members (excludes halogenated alkanes) is 1. The lowest BCUT2D eigenvalue weighted by Gasteiger charge is -2.36. The van der Waals surface area contributed by atoms with E-state index in [9.17, 15) is 0 Å². The second kappa shape index (κ2) is 14.8. The number of hydrogen-bond donors (Lipinski definition) is 0. The second-order valence-corrected chi connectivity index (χ2v) is 10.1. The van der Waals surface area contributed by atoms with Crippen LogP contribution in [0, 0.1) is 5.92 Å². The zero-order chi connectivity index (χ0) is 27.4. The molecule has 2 atom stereocenters. The molecule has 0 fully saturated rings. The summed E-state index contributed by atoms with van der Waals surface area (Å²) in [6.07, 6.45) is 5.52. The summed E-state index contributed by atoms with van der Waals surface area (Å²) in [6.45, 7) is 12.2. The fourth-order valence-electron chi connectivity index (χ4n) is 4.80. The summed E-state index contributed by atoms with van der Waals surface area (Å²) < 4.78 is 23.8. The topological polar surface area (TPSA) is 61.6 Å². The Labute approximate surface area is 229 Å². The van der Waals surface area contributed by atoms with Gasteiger partial charge in [-0.15, -0.1) is 0 Å². The Morgan fingerprint density at radius 2 is 1.61 bits per heavy atom. The van der Waals surface area contributed by atoms with Gasteiger partial charge in [0.25, 0.3) is 0 Å². The average Bonchev–Trinajstić information content (AvgIpc) is 2.93. The predicted octanol–water partition coefficient (Wildman–Crippen LogP) is 7.09. The van der Waals surface area contributed by atoms with Crippen molar-refractivity contribution in [2.24, 2.45) is 15.9 Å². The minimum atomic E-state index is -0.535. The molecule has 1 aliphatic heterocycles. The highest BCUT2D eigenvalue weighted by molar-refractivity contribution is 5.97. The molecule has 0 N–H and O–H groups in total. The van der Waals surface area contributed by atoms with Crippen molar-refractivity contribution in [1.29, 1.82) is 0 Å². The first-order chi connectivity index (χ1) is 18.5. The van der Waals surface area contributed by atoms with E-state index in [1.807, 2.05) is 19.9 Å². The highest BCUT2D eigenvalue weighted by Crippen LogP contribution is 2.34. The van der Waals surface area contributed by atoms with Crippen LogP contribution in [0.1, 0.15) is 71.4 Å². The summed E-state index contributed by atoms with van der Waals surface area (Å²) >= 11 is 0. The minimum absolute atomic E-state index is 0.111. The van der Waals surface area contributed by atoms with Crippen molar-refractivity contribution in [3.8, 4) is 11.5 Å². The maximum Gasteiger partial charge on any atom is 0.212 e. The van der Waals surface area contributed by atoms with Crippen LogP contribution in [0.2, 0.25) is 0 Å². The molecule has 6 heteroatoms. The van der Waals surface area contributed by atoms with Gasteiger partial charge < -0.3 is 18.9 Å². The molecule has 0 aliphatic carbocycles. The zero-order valence-corrected chi connectivity index (χ0v) is 24.2. The van der Waals surface area contributed by atoms with E-state index in [1.54, 1.807) is 7.11 Å². The van der Waals surface area contributed by atoms with Gasteiger partial charge in [-0.2, -0.15) is 0 Å².